The highest BCUT2D eigenvalue weighted by atomic mass is 32.1. The maximum atomic E-state index is 11.6. The zero-order valence-corrected chi connectivity index (χ0v) is 11.0. The molecule has 0 spiro atoms. The predicted molar refractivity (Wildman–Crippen MR) is 72.1 cm³/mol. The van der Waals surface area contributed by atoms with Crippen LogP contribution in [0.5, 0.6) is 5.75 Å². The average Bonchev–Trinajstić information content (AvgIpc) is 2.82. The van der Waals surface area contributed by atoms with Crippen molar-refractivity contribution in [1.29, 1.82) is 5.26 Å². The average molecular weight is 273 g/mol. The van der Waals surface area contributed by atoms with Gasteiger partial charge in [0.1, 0.15) is 5.75 Å². The molecule has 2 aromatic rings. The quantitative estimate of drug-likeness (QED) is 0.927. The second-order valence-corrected chi connectivity index (χ2v) is 4.98. The van der Waals surface area contributed by atoms with Crippen LogP contribution in [0.1, 0.15) is 10.4 Å². The molecule has 0 aliphatic rings. The molecule has 0 bridgehead atoms. The Kier molecular flexibility index (Phi) is 4.11. The Balaban J connectivity index is 1.84. The number of nitrogens with zero attached hydrogens (tertiary/aromatic N) is 2. The monoisotopic (exact) mass is 273 g/mol. The number of hydrogen-bond donors (Lipinski definition) is 1. The van der Waals surface area contributed by atoms with Gasteiger partial charge in [-0.15, -0.1) is 11.3 Å². The summed E-state index contributed by atoms with van der Waals surface area (Å²) in [5.74, 6) is 0.281. The molecule has 0 saturated heterocycles. The highest BCUT2D eigenvalue weighted by Gasteiger charge is 2.06. The number of ether oxygens (including phenoxy) is 1. The molecule has 0 unspecified atom stereocenters. The van der Waals surface area contributed by atoms with Gasteiger partial charge < -0.3 is 4.74 Å². The van der Waals surface area contributed by atoms with Crippen molar-refractivity contribution in [2.45, 2.75) is 6.92 Å². The topological polar surface area (TPSA) is 75.0 Å². The van der Waals surface area contributed by atoms with Gasteiger partial charge in [0, 0.05) is 11.1 Å². The fraction of sp³-hybridized carbons (Fsp3) is 0.154. The molecule has 0 saturated carbocycles. The van der Waals surface area contributed by atoms with E-state index in [0.717, 1.165) is 4.88 Å². The lowest BCUT2D eigenvalue weighted by molar-refractivity contribution is -0.118. The molecule has 5 nitrogen and oxygen atoms in total. The molecule has 1 aromatic heterocycles. The summed E-state index contributed by atoms with van der Waals surface area (Å²) in [6.45, 7) is 1.82. The van der Waals surface area contributed by atoms with E-state index in [1.54, 1.807) is 30.5 Å². The number of aromatic nitrogens is 1. The highest BCUT2D eigenvalue weighted by Crippen LogP contribution is 2.16. The first-order chi connectivity index (χ1) is 9.17. The van der Waals surface area contributed by atoms with Gasteiger partial charge >= 0.3 is 0 Å². The molecule has 1 aromatic carbocycles. The SMILES string of the molecule is Cc1cnc(NC(=O)COc2ccc(C#N)cc2)s1. The van der Waals surface area contributed by atoms with E-state index in [2.05, 4.69) is 10.3 Å². The number of thiazole rings is 1. The molecule has 0 fully saturated rings. The van der Waals surface area contributed by atoms with E-state index in [-0.39, 0.29) is 12.5 Å². The summed E-state index contributed by atoms with van der Waals surface area (Å²) in [7, 11) is 0. The van der Waals surface area contributed by atoms with E-state index in [1.165, 1.54) is 11.3 Å². The third-order valence-electron chi connectivity index (χ3n) is 2.22. The number of rotatable bonds is 4. The Labute approximate surface area is 114 Å². The number of carbonyl (C=O) groups excluding carboxylic acids is 1. The van der Waals surface area contributed by atoms with Crippen molar-refractivity contribution >= 4 is 22.4 Å². The second-order valence-electron chi connectivity index (χ2n) is 3.75. The van der Waals surface area contributed by atoms with Crippen LogP contribution in [-0.2, 0) is 4.79 Å². The molecule has 19 heavy (non-hydrogen) atoms. The van der Waals surface area contributed by atoms with E-state index < -0.39 is 0 Å². The number of hydrogen-bond acceptors (Lipinski definition) is 5. The van der Waals surface area contributed by atoms with Crippen LogP contribution in [0.2, 0.25) is 0 Å². The van der Waals surface area contributed by atoms with Crippen molar-refractivity contribution in [2.24, 2.45) is 0 Å². The van der Waals surface area contributed by atoms with Gasteiger partial charge in [-0.3, -0.25) is 10.1 Å². The summed E-state index contributed by atoms with van der Waals surface area (Å²) < 4.78 is 5.30. The zero-order chi connectivity index (χ0) is 13.7. The van der Waals surface area contributed by atoms with E-state index in [1.807, 2.05) is 13.0 Å². The van der Waals surface area contributed by atoms with Gasteiger partial charge in [-0.25, -0.2) is 4.98 Å². The molecule has 6 heteroatoms. The lowest BCUT2D eigenvalue weighted by atomic mass is 10.2. The lowest BCUT2D eigenvalue weighted by Gasteiger charge is -2.05. The van der Waals surface area contributed by atoms with Crippen molar-refractivity contribution < 1.29 is 9.53 Å². The molecule has 0 radical (unpaired) electrons. The van der Waals surface area contributed by atoms with Crippen LogP contribution in [0.25, 0.3) is 0 Å². The van der Waals surface area contributed by atoms with Gasteiger partial charge in [-0.1, -0.05) is 0 Å². The van der Waals surface area contributed by atoms with Gasteiger partial charge in [0.2, 0.25) is 0 Å². The highest BCUT2D eigenvalue weighted by molar-refractivity contribution is 7.15. The van der Waals surface area contributed by atoms with Crippen LogP contribution >= 0.6 is 11.3 Å². The van der Waals surface area contributed by atoms with Crippen molar-refractivity contribution in [1.82, 2.24) is 4.98 Å². The Bertz CT molecular complexity index is 614. The molecular weight excluding hydrogens is 262 g/mol. The molecule has 1 amide bonds. The number of nitriles is 1. The van der Waals surface area contributed by atoms with Gasteiger partial charge in [0.15, 0.2) is 11.7 Å². The summed E-state index contributed by atoms with van der Waals surface area (Å²) in [4.78, 5) is 16.7. The number of benzene rings is 1. The first-order valence-electron chi connectivity index (χ1n) is 5.52. The number of aryl methyl sites for hydroxylation is 1. The van der Waals surface area contributed by atoms with Crippen LogP contribution in [0.4, 0.5) is 5.13 Å². The molecule has 0 aliphatic carbocycles. The summed E-state index contributed by atoms with van der Waals surface area (Å²) in [6, 6.07) is 8.59. The molecule has 0 atom stereocenters. The van der Waals surface area contributed by atoms with Crippen molar-refractivity contribution in [3.8, 4) is 11.8 Å². The standard InChI is InChI=1S/C13H11N3O2S/c1-9-7-15-13(19-9)16-12(17)8-18-11-4-2-10(6-14)3-5-11/h2-5,7H,8H2,1H3,(H,15,16,17). The molecule has 96 valence electrons. The smallest absolute Gasteiger partial charge is 0.264 e. The third-order valence-corrected chi connectivity index (χ3v) is 3.05. The van der Waals surface area contributed by atoms with Crippen LogP contribution in [0.15, 0.2) is 30.5 Å². The number of nitrogens with one attached hydrogen (secondary N) is 1. The summed E-state index contributed by atoms with van der Waals surface area (Å²) in [5.41, 5.74) is 0.551. The first-order valence-corrected chi connectivity index (χ1v) is 6.34. The summed E-state index contributed by atoms with van der Waals surface area (Å²) in [6.07, 6.45) is 1.70. The molecule has 2 rings (SSSR count). The Morgan fingerprint density at radius 1 is 1.47 bits per heavy atom. The minimum Gasteiger partial charge on any atom is -0.484 e. The first kappa shape index (κ1) is 13.1. The van der Waals surface area contributed by atoms with Crippen LogP contribution in [-0.4, -0.2) is 17.5 Å². The van der Waals surface area contributed by atoms with Gasteiger partial charge in [0.25, 0.3) is 5.91 Å². The van der Waals surface area contributed by atoms with Crippen LogP contribution in [0.3, 0.4) is 0 Å². The Morgan fingerprint density at radius 3 is 2.79 bits per heavy atom. The van der Waals surface area contributed by atoms with Crippen molar-refractivity contribution in [2.75, 3.05) is 11.9 Å². The van der Waals surface area contributed by atoms with Crippen LogP contribution in [0, 0.1) is 18.3 Å². The largest absolute Gasteiger partial charge is 0.484 e. The molecule has 1 N–H and O–H groups in total. The minimum atomic E-state index is -0.265. The van der Waals surface area contributed by atoms with Gasteiger partial charge in [-0.2, -0.15) is 5.26 Å². The Morgan fingerprint density at radius 2 is 2.21 bits per heavy atom. The van der Waals surface area contributed by atoms with Gasteiger partial charge in [0.05, 0.1) is 11.6 Å². The normalized spacial score (nSPS) is 9.68. The fourth-order valence-corrected chi connectivity index (χ4v) is 2.02. The third kappa shape index (κ3) is 3.79. The van der Waals surface area contributed by atoms with E-state index >= 15 is 0 Å². The molecule has 0 aliphatic heterocycles. The number of carbonyl (C=O) groups is 1. The van der Waals surface area contributed by atoms with E-state index in [0.29, 0.717) is 16.4 Å². The van der Waals surface area contributed by atoms with E-state index in [9.17, 15) is 4.79 Å². The minimum absolute atomic E-state index is 0.0927. The zero-order valence-electron chi connectivity index (χ0n) is 10.2. The molecular formula is C13H11N3O2S. The second kappa shape index (κ2) is 5.98. The van der Waals surface area contributed by atoms with E-state index in [4.69, 9.17) is 10.00 Å². The Hall–Kier alpha value is -2.39. The molecule has 1 heterocycles. The van der Waals surface area contributed by atoms with Crippen molar-refractivity contribution in [3.05, 3.63) is 40.9 Å². The lowest BCUT2D eigenvalue weighted by Crippen LogP contribution is -2.19. The summed E-state index contributed by atoms with van der Waals surface area (Å²) in [5, 5.41) is 11.9. The maximum Gasteiger partial charge on any atom is 0.264 e. The number of anilines is 1. The van der Waals surface area contributed by atoms with Gasteiger partial charge in [-0.05, 0) is 31.2 Å². The summed E-state index contributed by atoms with van der Waals surface area (Å²) >= 11 is 1.41. The van der Waals surface area contributed by atoms with Crippen molar-refractivity contribution in [3.63, 3.8) is 0 Å². The predicted octanol–water partition coefficient (Wildman–Crippen LogP) is 2.34. The fourth-order valence-electron chi connectivity index (χ4n) is 1.34. The number of amides is 1. The maximum absolute atomic E-state index is 11.6. The van der Waals surface area contributed by atoms with Crippen LogP contribution < -0.4 is 10.1 Å².